The third-order valence-electron chi connectivity index (χ3n) is 3.98. The van der Waals surface area contributed by atoms with Gasteiger partial charge in [-0.25, -0.2) is 10.2 Å². The molecule has 1 aromatic carbocycles. The lowest BCUT2D eigenvalue weighted by Gasteiger charge is -2.34. The Bertz CT molecular complexity index is 537. The van der Waals surface area contributed by atoms with E-state index in [0.29, 0.717) is 16.6 Å². The van der Waals surface area contributed by atoms with Crippen LogP contribution in [0.2, 0.25) is 5.02 Å². The molecule has 1 saturated carbocycles. The smallest absolute Gasteiger partial charge is 0.307 e. The van der Waals surface area contributed by atoms with Crippen LogP contribution >= 0.6 is 11.6 Å². The number of carbonyl (C=O) groups excluding carboxylic acids is 1. The predicted molar refractivity (Wildman–Crippen MR) is 87.8 cm³/mol. The van der Waals surface area contributed by atoms with Crippen molar-refractivity contribution in [1.82, 2.24) is 5.43 Å². The molecule has 5 heteroatoms. The number of amides is 2. The van der Waals surface area contributed by atoms with Gasteiger partial charge in [-0.05, 0) is 49.4 Å². The number of nitrogens with one attached hydrogen (secondary N) is 2. The second kappa shape index (κ2) is 6.48. The van der Waals surface area contributed by atoms with Crippen molar-refractivity contribution in [2.24, 2.45) is 16.4 Å². The van der Waals surface area contributed by atoms with E-state index in [1.165, 1.54) is 6.42 Å². The maximum Gasteiger partial charge on any atom is 0.339 e. The van der Waals surface area contributed by atoms with Crippen LogP contribution in [0.1, 0.15) is 40.0 Å². The molecule has 4 nitrogen and oxygen atoms in total. The van der Waals surface area contributed by atoms with Crippen LogP contribution in [0.25, 0.3) is 0 Å². The van der Waals surface area contributed by atoms with Crippen LogP contribution in [0.5, 0.6) is 0 Å². The lowest BCUT2D eigenvalue weighted by atomic mass is 9.72. The van der Waals surface area contributed by atoms with Crippen LogP contribution in [0.4, 0.5) is 10.5 Å². The molecular formula is C16H22ClN3O. The first-order chi connectivity index (χ1) is 9.87. The van der Waals surface area contributed by atoms with Gasteiger partial charge in [-0.3, -0.25) is 0 Å². The summed E-state index contributed by atoms with van der Waals surface area (Å²) in [6.07, 6.45) is 3.25. The summed E-state index contributed by atoms with van der Waals surface area (Å²) in [5.74, 6) is 0.623. The summed E-state index contributed by atoms with van der Waals surface area (Å²) in [5.41, 5.74) is 4.40. The highest BCUT2D eigenvalue weighted by Gasteiger charge is 2.31. The van der Waals surface area contributed by atoms with Gasteiger partial charge in [-0.1, -0.05) is 32.4 Å². The average molecular weight is 308 g/mol. The summed E-state index contributed by atoms with van der Waals surface area (Å²) < 4.78 is 0. The molecule has 2 N–H and O–H groups in total. The molecule has 1 atom stereocenters. The zero-order valence-electron chi connectivity index (χ0n) is 12.7. The van der Waals surface area contributed by atoms with Gasteiger partial charge in [0.1, 0.15) is 0 Å². The van der Waals surface area contributed by atoms with Crippen LogP contribution in [0.15, 0.2) is 29.4 Å². The van der Waals surface area contributed by atoms with E-state index < -0.39 is 0 Å². The molecule has 0 aromatic heterocycles. The van der Waals surface area contributed by atoms with E-state index in [4.69, 9.17) is 11.6 Å². The Morgan fingerprint density at radius 3 is 2.67 bits per heavy atom. The van der Waals surface area contributed by atoms with Crippen molar-refractivity contribution in [2.75, 3.05) is 5.32 Å². The van der Waals surface area contributed by atoms with E-state index in [2.05, 4.69) is 36.6 Å². The molecule has 0 saturated heterocycles. The highest BCUT2D eigenvalue weighted by atomic mass is 35.5. The van der Waals surface area contributed by atoms with Crippen molar-refractivity contribution < 1.29 is 4.79 Å². The predicted octanol–water partition coefficient (Wildman–Crippen LogP) is 4.66. The summed E-state index contributed by atoms with van der Waals surface area (Å²) in [6, 6.07) is 6.63. The zero-order chi connectivity index (χ0) is 15.5. The maximum absolute atomic E-state index is 11.9. The van der Waals surface area contributed by atoms with Gasteiger partial charge in [-0.15, -0.1) is 0 Å². The molecule has 114 valence electrons. The third kappa shape index (κ3) is 4.46. The maximum atomic E-state index is 11.9. The number of urea groups is 1. The van der Waals surface area contributed by atoms with Gasteiger partial charge in [0.15, 0.2) is 0 Å². The Morgan fingerprint density at radius 2 is 2.00 bits per heavy atom. The fourth-order valence-corrected chi connectivity index (χ4v) is 2.59. The van der Waals surface area contributed by atoms with Crippen molar-refractivity contribution in [2.45, 2.75) is 40.0 Å². The fourth-order valence-electron chi connectivity index (χ4n) is 2.47. The van der Waals surface area contributed by atoms with E-state index in [0.717, 1.165) is 18.6 Å². The SMILES string of the molecule is C[C@@H]1CCC(C)(C)C(=NNC(=O)Nc2ccc(Cl)cc2)C1. The molecule has 21 heavy (non-hydrogen) atoms. The van der Waals surface area contributed by atoms with Gasteiger partial charge in [0.05, 0.1) is 0 Å². The Hall–Kier alpha value is -1.55. The number of hydrazone groups is 1. The monoisotopic (exact) mass is 307 g/mol. The average Bonchev–Trinajstić information content (AvgIpc) is 2.42. The summed E-state index contributed by atoms with van der Waals surface area (Å²) in [6.45, 7) is 6.57. The van der Waals surface area contributed by atoms with Crippen LogP contribution < -0.4 is 10.7 Å². The van der Waals surface area contributed by atoms with Crippen LogP contribution in [0, 0.1) is 11.3 Å². The standard InChI is InChI=1S/C16H22ClN3O/c1-11-8-9-16(2,3)14(10-11)19-20-15(21)18-13-6-4-12(17)5-7-13/h4-7,11H,8-10H2,1-3H3,(H2,18,20,21)/t11-/m1/s1. The largest absolute Gasteiger partial charge is 0.339 e. The minimum absolute atomic E-state index is 0.0556. The van der Waals surface area contributed by atoms with Crippen molar-refractivity contribution >= 4 is 29.0 Å². The first-order valence-electron chi connectivity index (χ1n) is 7.26. The lowest BCUT2D eigenvalue weighted by molar-refractivity contribution is 0.252. The minimum Gasteiger partial charge on any atom is -0.307 e. The van der Waals surface area contributed by atoms with Gasteiger partial charge in [0.25, 0.3) is 0 Å². The van der Waals surface area contributed by atoms with Crippen LogP contribution in [0.3, 0.4) is 0 Å². The van der Waals surface area contributed by atoms with Gasteiger partial charge >= 0.3 is 6.03 Å². The topological polar surface area (TPSA) is 53.5 Å². The molecule has 0 spiro atoms. The Labute approximate surface area is 131 Å². The molecule has 1 aromatic rings. The van der Waals surface area contributed by atoms with Crippen molar-refractivity contribution in [3.8, 4) is 0 Å². The molecule has 1 aliphatic carbocycles. The summed E-state index contributed by atoms with van der Waals surface area (Å²) in [7, 11) is 0. The van der Waals surface area contributed by atoms with E-state index in [-0.39, 0.29) is 11.4 Å². The van der Waals surface area contributed by atoms with Gasteiger partial charge in [-0.2, -0.15) is 5.10 Å². The van der Waals surface area contributed by atoms with Crippen molar-refractivity contribution in [1.29, 1.82) is 0 Å². The number of hydrogen-bond donors (Lipinski definition) is 2. The molecule has 1 aliphatic rings. The lowest BCUT2D eigenvalue weighted by Crippen LogP contribution is -2.35. The molecule has 0 bridgehead atoms. The van der Waals surface area contributed by atoms with E-state index in [1.807, 2.05) is 0 Å². The van der Waals surface area contributed by atoms with E-state index in [1.54, 1.807) is 24.3 Å². The van der Waals surface area contributed by atoms with Crippen molar-refractivity contribution in [3.05, 3.63) is 29.3 Å². The molecule has 0 radical (unpaired) electrons. The Morgan fingerprint density at radius 1 is 1.33 bits per heavy atom. The molecule has 2 amide bonds. The Balaban J connectivity index is 1.95. The van der Waals surface area contributed by atoms with E-state index in [9.17, 15) is 4.79 Å². The molecule has 0 aliphatic heterocycles. The summed E-state index contributed by atoms with van der Waals surface area (Å²) in [4.78, 5) is 11.9. The first kappa shape index (κ1) is 15.8. The molecule has 1 fully saturated rings. The molecular weight excluding hydrogens is 286 g/mol. The quantitative estimate of drug-likeness (QED) is 0.767. The number of anilines is 1. The number of rotatable bonds is 2. The highest BCUT2D eigenvalue weighted by Crippen LogP contribution is 2.35. The number of hydrogen-bond acceptors (Lipinski definition) is 2. The minimum atomic E-state index is -0.334. The second-order valence-corrected chi connectivity index (χ2v) is 6.80. The van der Waals surface area contributed by atoms with Gasteiger partial charge in [0.2, 0.25) is 0 Å². The normalized spacial score (nSPS) is 22.9. The van der Waals surface area contributed by atoms with E-state index >= 15 is 0 Å². The zero-order valence-corrected chi connectivity index (χ0v) is 13.5. The number of halogens is 1. The number of nitrogens with zero attached hydrogens (tertiary/aromatic N) is 1. The number of benzene rings is 1. The highest BCUT2D eigenvalue weighted by molar-refractivity contribution is 6.30. The number of carbonyl (C=O) groups is 1. The van der Waals surface area contributed by atoms with Gasteiger partial charge in [0, 0.05) is 21.8 Å². The summed E-state index contributed by atoms with van der Waals surface area (Å²) in [5, 5.41) is 7.70. The van der Waals surface area contributed by atoms with Crippen LogP contribution in [-0.2, 0) is 0 Å². The fraction of sp³-hybridized carbons (Fsp3) is 0.500. The summed E-state index contributed by atoms with van der Waals surface area (Å²) >= 11 is 5.81. The van der Waals surface area contributed by atoms with Crippen molar-refractivity contribution in [3.63, 3.8) is 0 Å². The molecule has 0 heterocycles. The first-order valence-corrected chi connectivity index (χ1v) is 7.64. The molecule has 2 rings (SSSR count). The third-order valence-corrected chi connectivity index (χ3v) is 4.23. The van der Waals surface area contributed by atoms with Gasteiger partial charge < -0.3 is 5.32 Å². The molecule has 0 unspecified atom stereocenters. The Kier molecular flexibility index (Phi) is 4.88. The second-order valence-electron chi connectivity index (χ2n) is 6.36. The van der Waals surface area contributed by atoms with Crippen LogP contribution in [-0.4, -0.2) is 11.7 Å².